The number of aliphatic hydroxyl groups is 8. The zero-order chi connectivity index (χ0) is 51.7. The number of ether oxygens (including phenoxy) is 1. The minimum atomic E-state index is -4.50. The van der Waals surface area contributed by atoms with Crippen LogP contribution in [-0.2, 0) is 33.5 Å². The summed E-state index contributed by atoms with van der Waals surface area (Å²) < 4.78 is 5.40. The molecule has 0 aliphatic carbocycles. The lowest BCUT2D eigenvalue weighted by atomic mass is 9.52. The minimum absolute atomic E-state index is 0.0393. The molecule has 8 atom stereocenters. The van der Waals surface area contributed by atoms with Gasteiger partial charge in [0.15, 0.2) is 58.1 Å². The van der Waals surface area contributed by atoms with Gasteiger partial charge in [-0.25, -0.2) is 0 Å². The van der Waals surface area contributed by atoms with E-state index in [1.807, 2.05) is 0 Å². The molecule has 0 saturated carbocycles. The maximum absolute atomic E-state index is 14.3. The minimum Gasteiger partial charge on any atom is -0.393 e. The molecule has 1 fully saturated rings. The highest BCUT2D eigenvalue weighted by atomic mass is 16.7. The molecule has 0 amide bonds. The Hall–Kier alpha value is -2.34. The molecular weight excluding hydrogens is 877 g/mol. The van der Waals surface area contributed by atoms with Gasteiger partial charge in [-0.15, -0.1) is 0 Å². The van der Waals surface area contributed by atoms with Crippen molar-refractivity contribution in [2.24, 2.45) is 0 Å². The van der Waals surface area contributed by atoms with Crippen molar-refractivity contribution in [2.45, 2.75) is 293 Å². The Labute approximate surface area is 407 Å². The van der Waals surface area contributed by atoms with Crippen LogP contribution < -0.4 is 0 Å². The van der Waals surface area contributed by atoms with Gasteiger partial charge in [0, 0.05) is 12.8 Å². The first-order valence-electron chi connectivity index (χ1n) is 26.5. The van der Waals surface area contributed by atoms with E-state index in [-0.39, 0.29) is 12.8 Å². The van der Waals surface area contributed by atoms with E-state index in [2.05, 4.69) is 13.8 Å². The third-order valence-corrected chi connectivity index (χ3v) is 14.8. The molecule has 68 heavy (non-hydrogen) atoms. The van der Waals surface area contributed by atoms with Crippen molar-refractivity contribution < 1.29 is 74.4 Å². The fourth-order valence-corrected chi connectivity index (χ4v) is 10.3. The van der Waals surface area contributed by atoms with Crippen molar-refractivity contribution >= 4 is 34.7 Å². The second kappa shape index (κ2) is 31.2. The van der Waals surface area contributed by atoms with Gasteiger partial charge in [-0.1, -0.05) is 194 Å². The van der Waals surface area contributed by atoms with E-state index in [0.717, 1.165) is 64.2 Å². The van der Waals surface area contributed by atoms with Crippen LogP contribution in [0.25, 0.3) is 0 Å². The third kappa shape index (κ3) is 15.1. The van der Waals surface area contributed by atoms with Crippen LogP contribution >= 0.6 is 0 Å². The van der Waals surface area contributed by atoms with E-state index >= 15 is 0 Å². The summed E-state index contributed by atoms with van der Waals surface area (Å²) in [4.78, 5) is 81.6. The van der Waals surface area contributed by atoms with Crippen LogP contribution in [0.2, 0.25) is 0 Å². The topological polar surface area (TPSA) is 273 Å². The molecule has 0 aromatic carbocycles. The third-order valence-electron chi connectivity index (χ3n) is 14.8. The number of aliphatic hydroxyl groups excluding tert-OH is 3. The number of carbonyl (C=O) groups excluding carboxylic acids is 6. The van der Waals surface area contributed by atoms with Crippen molar-refractivity contribution in [3.63, 3.8) is 0 Å². The SMILES string of the molecule is CCCCCCCCCCCCCCCCCC(=O)C(O)C(O)(C(=O)CCCCCCCCCCCCCCCCC)C(O)C1(O)O[C@@](CO)(C(C)=O)[C@](O)(C(C)=O)[C@@](O)(C(C)=O)[C@@]1(O)C(C)=O. The van der Waals surface area contributed by atoms with Crippen molar-refractivity contribution in [2.75, 3.05) is 6.61 Å². The van der Waals surface area contributed by atoms with Crippen LogP contribution in [0.1, 0.15) is 247 Å². The molecule has 0 bridgehead atoms. The summed E-state index contributed by atoms with van der Waals surface area (Å²) in [6, 6.07) is 0. The first-order valence-corrected chi connectivity index (χ1v) is 26.5. The van der Waals surface area contributed by atoms with Gasteiger partial charge in [-0.05, 0) is 40.5 Å². The molecule has 396 valence electrons. The van der Waals surface area contributed by atoms with Gasteiger partial charge in [-0.3, -0.25) is 28.8 Å². The number of carbonyl (C=O) groups is 6. The zero-order valence-corrected chi connectivity index (χ0v) is 42.9. The van der Waals surface area contributed by atoms with Crippen molar-refractivity contribution in [3.05, 3.63) is 0 Å². The van der Waals surface area contributed by atoms with Crippen molar-refractivity contribution in [3.8, 4) is 0 Å². The van der Waals surface area contributed by atoms with Crippen molar-refractivity contribution in [1.82, 2.24) is 0 Å². The Morgan fingerprint density at radius 1 is 0.441 bits per heavy atom. The molecule has 4 unspecified atom stereocenters. The molecular formula is C53H94O15. The smallest absolute Gasteiger partial charge is 0.237 e. The van der Waals surface area contributed by atoms with E-state index in [1.54, 1.807) is 0 Å². The summed E-state index contributed by atoms with van der Waals surface area (Å²) in [6.45, 7) is 4.53. The molecule has 1 aliphatic heterocycles. The predicted molar refractivity (Wildman–Crippen MR) is 259 cm³/mol. The van der Waals surface area contributed by atoms with Gasteiger partial charge >= 0.3 is 0 Å². The summed E-state index contributed by atoms with van der Waals surface area (Å²) in [5, 5.41) is 95.4. The van der Waals surface area contributed by atoms with Gasteiger partial charge < -0.3 is 45.6 Å². The molecule has 0 aromatic heterocycles. The van der Waals surface area contributed by atoms with Gasteiger partial charge in [0.2, 0.25) is 22.6 Å². The zero-order valence-electron chi connectivity index (χ0n) is 42.9. The second-order valence-electron chi connectivity index (χ2n) is 20.1. The maximum atomic E-state index is 14.3. The average molecular weight is 971 g/mol. The van der Waals surface area contributed by atoms with Crippen molar-refractivity contribution in [1.29, 1.82) is 0 Å². The fraction of sp³-hybridized carbons (Fsp3) is 0.887. The van der Waals surface area contributed by atoms with E-state index in [4.69, 9.17) is 4.74 Å². The number of rotatable bonds is 42. The molecule has 8 N–H and O–H groups in total. The normalized spacial score (nSPS) is 25.7. The first-order chi connectivity index (χ1) is 32.1. The van der Waals surface area contributed by atoms with E-state index in [9.17, 15) is 69.6 Å². The molecule has 0 aromatic rings. The van der Waals surface area contributed by atoms with E-state index in [0.29, 0.717) is 47.0 Å². The standard InChI is InChI=1S/C53H94O15/c1-7-9-11-13-15-17-19-21-23-25-27-29-31-33-35-37-44(59)46(61)49(63,45(60)38-36-34-32-30-28-26-24-22-20-18-16-14-12-10-8-2)47(62)53(67)52(66,43(6)58)51(65,42(5)57)50(64,41(4)56)48(39-54,68-53)40(3)55/h46-47,54,61-67H,7-39H2,1-6H3/t46?,47?,48-,49?,50+,51-,52-,53?/m0/s1. The summed E-state index contributed by atoms with van der Waals surface area (Å²) in [5.41, 5.74) is -20.4. The average Bonchev–Trinajstić information content (AvgIpc) is 3.30. The first kappa shape index (κ1) is 63.7. The fourth-order valence-electron chi connectivity index (χ4n) is 10.3. The lowest BCUT2D eigenvalue weighted by Crippen LogP contribution is -2.96. The molecule has 1 heterocycles. The molecule has 15 heteroatoms. The summed E-state index contributed by atoms with van der Waals surface area (Å²) in [6.07, 6.45) is 22.9. The van der Waals surface area contributed by atoms with E-state index in [1.165, 1.54) is 96.3 Å². The van der Waals surface area contributed by atoms with Gasteiger partial charge in [-0.2, -0.15) is 0 Å². The van der Waals surface area contributed by atoms with Gasteiger partial charge in [0.25, 0.3) is 0 Å². The van der Waals surface area contributed by atoms with Gasteiger partial charge in [0.05, 0.1) is 6.61 Å². The second-order valence-corrected chi connectivity index (χ2v) is 20.1. The number of hydrogen-bond donors (Lipinski definition) is 8. The van der Waals surface area contributed by atoms with Crippen LogP contribution in [0.15, 0.2) is 0 Å². The summed E-state index contributed by atoms with van der Waals surface area (Å²) >= 11 is 0. The molecule has 0 radical (unpaired) electrons. The quantitative estimate of drug-likeness (QED) is 0.0283. The highest BCUT2D eigenvalue weighted by Gasteiger charge is 2.89. The molecule has 1 aliphatic rings. The van der Waals surface area contributed by atoms with Crippen LogP contribution in [-0.4, -0.2) is 128 Å². The number of Topliss-reactive ketones (excluding diaryl/α,β-unsaturated/α-hetero) is 6. The molecule has 1 saturated heterocycles. The maximum Gasteiger partial charge on any atom is 0.237 e. The highest BCUT2D eigenvalue weighted by Crippen LogP contribution is 2.57. The lowest BCUT2D eigenvalue weighted by molar-refractivity contribution is -0.452. The Kier molecular flexibility index (Phi) is 29.2. The molecule has 0 spiro atoms. The Morgan fingerprint density at radius 3 is 1.01 bits per heavy atom. The monoisotopic (exact) mass is 971 g/mol. The Morgan fingerprint density at radius 2 is 0.735 bits per heavy atom. The number of hydrogen-bond acceptors (Lipinski definition) is 15. The van der Waals surface area contributed by atoms with Crippen LogP contribution in [0, 0.1) is 0 Å². The number of ketones is 6. The van der Waals surface area contributed by atoms with Crippen LogP contribution in [0.3, 0.4) is 0 Å². The van der Waals surface area contributed by atoms with Crippen LogP contribution in [0.5, 0.6) is 0 Å². The van der Waals surface area contributed by atoms with E-state index < -0.39 is 100 Å². The van der Waals surface area contributed by atoms with Gasteiger partial charge in [0.1, 0.15) is 0 Å². The van der Waals surface area contributed by atoms with Crippen LogP contribution in [0.4, 0.5) is 0 Å². The largest absolute Gasteiger partial charge is 0.393 e. The Bertz CT molecular complexity index is 1550. The molecule has 1 rings (SSSR count). The lowest BCUT2D eigenvalue weighted by Gasteiger charge is -2.65. The summed E-state index contributed by atoms with van der Waals surface area (Å²) in [5.74, 6) is -14.2. The number of unbranched alkanes of at least 4 members (excludes halogenated alkanes) is 28. The molecule has 15 nitrogen and oxygen atoms in total. The predicted octanol–water partition coefficient (Wildman–Crippen LogP) is 7.10. The Balaban J connectivity index is 3.32. The highest BCUT2D eigenvalue weighted by molar-refractivity contribution is 6.10. The summed E-state index contributed by atoms with van der Waals surface area (Å²) in [7, 11) is 0.